The number of rotatable bonds is 9. The van der Waals surface area contributed by atoms with Gasteiger partial charge in [0.25, 0.3) is 5.91 Å². The number of aliphatic carboxylic acids is 1. The van der Waals surface area contributed by atoms with Gasteiger partial charge in [-0.3, -0.25) is 9.59 Å². The lowest BCUT2D eigenvalue weighted by molar-refractivity contribution is -0.139. The molecule has 0 aromatic heterocycles. The number of aryl methyl sites for hydroxylation is 2. The summed E-state index contributed by atoms with van der Waals surface area (Å²) < 4.78 is 34.5. The van der Waals surface area contributed by atoms with Crippen LogP contribution in [-0.4, -0.2) is 44.1 Å². The molecule has 1 heterocycles. The Kier molecular flexibility index (Phi) is 7.64. The molecular formula is C24H31N3O6S. The number of nitrogens with one attached hydrogen (secondary N) is 2. The molecule has 2 aromatic carbocycles. The molecule has 0 saturated heterocycles. The van der Waals surface area contributed by atoms with Crippen LogP contribution < -0.4 is 20.5 Å². The molecule has 0 unspecified atom stereocenters. The SMILES string of the molecule is Cc1cc(C)c(C)c(S(=O)(=O)N[C@@H](Cc2ccc3c(c2)NC(=O)[C@@H](CCCN)O3)C(=O)O)c1C. The summed E-state index contributed by atoms with van der Waals surface area (Å²) in [4.78, 5) is 24.4. The summed E-state index contributed by atoms with van der Waals surface area (Å²) in [5.74, 6) is -1.13. The van der Waals surface area contributed by atoms with E-state index in [9.17, 15) is 23.1 Å². The molecule has 2 aromatic rings. The minimum absolute atomic E-state index is 0.103. The molecule has 10 heteroatoms. The molecule has 0 bridgehead atoms. The summed E-state index contributed by atoms with van der Waals surface area (Å²) in [5, 5.41) is 12.5. The van der Waals surface area contributed by atoms with Crippen molar-refractivity contribution in [2.24, 2.45) is 5.73 Å². The highest BCUT2D eigenvalue weighted by Crippen LogP contribution is 2.32. The molecular weight excluding hydrogens is 458 g/mol. The molecule has 9 nitrogen and oxygen atoms in total. The molecule has 0 radical (unpaired) electrons. The van der Waals surface area contributed by atoms with Crippen LogP contribution in [0, 0.1) is 27.7 Å². The zero-order chi connectivity index (χ0) is 25.2. The molecule has 1 amide bonds. The zero-order valence-electron chi connectivity index (χ0n) is 19.8. The number of fused-ring (bicyclic) bond motifs is 1. The summed E-state index contributed by atoms with van der Waals surface area (Å²) in [5.41, 5.74) is 9.24. The minimum Gasteiger partial charge on any atom is -0.480 e. The van der Waals surface area contributed by atoms with Gasteiger partial charge in [-0.1, -0.05) is 12.1 Å². The quantitative estimate of drug-likeness (QED) is 0.422. The molecule has 0 fully saturated rings. The van der Waals surface area contributed by atoms with Gasteiger partial charge in [-0.05, 0) is 93.5 Å². The first-order valence-electron chi connectivity index (χ1n) is 11.1. The first-order chi connectivity index (χ1) is 15.9. The average Bonchev–Trinajstić information content (AvgIpc) is 2.75. The Morgan fingerprint density at radius 2 is 1.82 bits per heavy atom. The fraction of sp³-hybridized carbons (Fsp3) is 0.417. The van der Waals surface area contributed by atoms with Crippen molar-refractivity contribution in [2.75, 3.05) is 11.9 Å². The Morgan fingerprint density at radius 3 is 2.41 bits per heavy atom. The van der Waals surface area contributed by atoms with Crippen molar-refractivity contribution in [1.82, 2.24) is 4.72 Å². The summed E-state index contributed by atoms with van der Waals surface area (Å²) in [6.07, 6.45) is 0.386. The lowest BCUT2D eigenvalue weighted by atomic mass is 10.0. The molecule has 0 spiro atoms. The second kappa shape index (κ2) is 10.1. The lowest BCUT2D eigenvalue weighted by Gasteiger charge is -2.26. The number of anilines is 1. The molecule has 0 saturated carbocycles. The number of hydrogen-bond donors (Lipinski definition) is 4. The van der Waals surface area contributed by atoms with Crippen LogP contribution in [0.5, 0.6) is 5.75 Å². The van der Waals surface area contributed by atoms with Gasteiger partial charge in [0.15, 0.2) is 6.10 Å². The highest BCUT2D eigenvalue weighted by molar-refractivity contribution is 7.89. The standard InChI is InChI=1S/C24H31N3O6S/c1-13-10-14(2)16(4)22(15(13)3)34(31,32)27-19(24(29)30)12-17-7-8-20-18(11-17)26-23(28)21(33-20)6-5-9-25/h7-8,10-11,19,21,27H,5-6,9,12,25H2,1-4H3,(H,26,28)(H,29,30)/t19-,21+/m0/s1. The van der Waals surface area contributed by atoms with Gasteiger partial charge in [-0.25, -0.2) is 8.42 Å². The van der Waals surface area contributed by atoms with Crippen LogP contribution in [0.2, 0.25) is 0 Å². The van der Waals surface area contributed by atoms with Crippen molar-refractivity contribution < 1.29 is 27.9 Å². The van der Waals surface area contributed by atoms with Crippen molar-refractivity contribution in [1.29, 1.82) is 0 Å². The van der Waals surface area contributed by atoms with Crippen LogP contribution in [0.4, 0.5) is 5.69 Å². The maximum absolute atomic E-state index is 13.2. The number of hydrogen-bond acceptors (Lipinski definition) is 6. The number of nitrogens with two attached hydrogens (primary N) is 1. The van der Waals surface area contributed by atoms with Crippen LogP contribution >= 0.6 is 0 Å². The molecule has 2 atom stereocenters. The van der Waals surface area contributed by atoms with Gasteiger partial charge < -0.3 is 20.9 Å². The van der Waals surface area contributed by atoms with Crippen LogP contribution in [0.1, 0.15) is 40.7 Å². The van der Waals surface area contributed by atoms with Crippen molar-refractivity contribution in [3.8, 4) is 5.75 Å². The molecule has 5 N–H and O–H groups in total. The van der Waals surface area contributed by atoms with E-state index in [1.165, 1.54) is 0 Å². The maximum Gasteiger partial charge on any atom is 0.322 e. The lowest BCUT2D eigenvalue weighted by Crippen LogP contribution is -2.42. The zero-order valence-corrected chi connectivity index (χ0v) is 20.6. The third-order valence-corrected chi connectivity index (χ3v) is 7.88. The Bertz CT molecular complexity index is 1200. The predicted molar refractivity (Wildman–Crippen MR) is 129 cm³/mol. The van der Waals surface area contributed by atoms with E-state index in [-0.39, 0.29) is 17.2 Å². The number of carboxylic acid groups (broad SMARTS) is 1. The van der Waals surface area contributed by atoms with Gasteiger partial charge >= 0.3 is 5.97 Å². The van der Waals surface area contributed by atoms with E-state index in [1.54, 1.807) is 32.0 Å². The highest BCUT2D eigenvalue weighted by atomic mass is 32.2. The van der Waals surface area contributed by atoms with Gasteiger partial charge in [-0.15, -0.1) is 0 Å². The first-order valence-corrected chi connectivity index (χ1v) is 12.6. The molecule has 34 heavy (non-hydrogen) atoms. The Balaban J connectivity index is 1.84. The number of carbonyl (C=O) groups is 2. The topological polar surface area (TPSA) is 148 Å². The van der Waals surface area contributed by atoms with Gasteiger partial charge in [0.2, 0.25) is 10.0 Å². The van der Waals surface area contributed by atoms with Crippen molar-refractivity contribution in [3.05, 3.63) is 52.1 Å². The number of sulfonamides is 1. The maximum atomic E-state index is 13.2. The minimum atomic E-state index is -4.11. The molecule has 3 rings (SSSR count). The van der Waals surface area contributed by atoms with Crippen molar-refractivity contribution in [3.63, 3.8) is 0 Å². The van der Waals surface area contributed by atoms with E-state index in [4.69, 9.17) is 10.5 Å². The van der Waals surface area contributed by atoms with Gasteiger partial charge in [0.1, 0.15) is 11.8 Å². The van der Waals surface area contributed by atoms with E-state index in [2.05, 4.69) is 10.0 Å². The van der Waals surface area contributed by atoms with Crippen LogP contribution in [-0.2, 0) is 26.0 Å². The molecule has 0 aliphatic carbocycles. The number of ether oxygens (including phenoxy) is 1. The highest BCUT2D eigenvalue weighted by Gasteiger charge is 2.31. The monoisotopic (exact) mass is 489 g/mol. The van der Waals surface area contributed by atoms with Crippen LogP contribution in [0.3, 0.4) is 0 Å². The third kappa shape index (κ3) is 5.40. The van der Waals surface area contributed by atoms with Crippen LogP contribution in [0.25, 0.3) is 0 Å². The predicted octanol–water partition coefficient (Wildman–Crippen LogP) is 2.33. The summed E-state index contributed by atoms with van der Waals surface area (Å²) >= 11 is 0. The van der Waals surface area contributed by atoms with E-state index in [0.717, 1.165) is 11.1 Å². The van der Waals surface area contributed by atoms with Crippen LogP contribution in [0.15, 0.2) is 29.2 Å². The summed E-state index contributed by atoms with van der Waals surface area (Å²) in [6.45, 7) is 7.50. The first kappa shape index (κ1) is 25.7. The van der Waals surface area contributed by atoms with Crippen molar-refractivity contribution >= 4 is 27.6 Å². The molecule has 184 valence electrons. The van der Waals surface area contributed by atoms with Gasteiger partial charge in [0.05, 0.1) is 10.6 Å². The third-order valence-electron chi connectivity index (χ3n) is 6.14. The Morgan fingerprint density at radius 1 is 1.18 bits per heavy atom. The number of carbonyl (C=O) groups excluding carboxylic acids is 1. The number of carboxylic acids is 1. The average molecular weight is 490 g/mol. The normalized spacial score (nSPS) is 16.4. The smallest absolute Gasteiger partial charge is 0.322 e. The fourth-order valence-electron chi connectivity index (χ4n) is 4.06. The summed E-state index contributed by atoms with van der Waals surface area (Å²) in [6, 6.07) is 5.41. The van der Waals surface area contributed by atoms with Crippen molar-refractivity contribution in [2.45, 2.75) is 64.0 Å². The second-order valence-electron chi connectivity index (χ2n) is 8.66. The molecule has 1 aliphatic rings. The Labute approximate surface area is 199 Å². The molecule has 1 aliphatic heterocycles. The van der Waals surface area contributed by atoms with E-state index < -0.39 is 28.1 Å². The number of amides is 1. The van der Waals surface area contributed by atoms with Gasteiger partial charge in [-0.2, -0.15) is 4.72 Å². The fourth-order valence-corrected chi connectivity index (χ4v) is 5.87. The summed E-state index contributed by atoms with van der Waals surface area (Å²) in [7, 11) is -4.11. The largest absolute Gasteiger partial charge is 0.480 e. The van der Waals surface area contributed by atoms with E-state index in [0.29, 0.717) is 47.5 Å². The Hall–Kier alpha value is -2.95. The second-order valence-corrected chi connectivity index (χ2v) is 10.3. The van der Waals surface area contributed by atoms with E-state index >= 15 is 0 Å². The van der Waals surface area contributed by atoms with Gasteiger partial charge in [0, 0.05) is 0 Å². The van der Waals surface area contributed by atoms with E-state index in [1.807, 2.05) is 19.9 Å². The number of benzene rings is 2.